The first-order chi connectivity index (χ1) is 7.98. The van der Waals surface area contributed by atoms with Gasteiger partial charge in [-0.2, -0.15) is 0 Å². The molecule has 1 atom stereocenters. The van der Waals surface area contributed by atoms with Gasteiger partial charge in [-0.25, -0.2) is 0 Å². The Labute approximate surface area is 104 Å². The maximum Gasteiger partial charge on any atom is 0.123 e. The Bertz CT molecular complexity index is 344. The number of hydrogen-bond acceptors (Lipinski definition) is 3. The van der Waals surface area contributed by atoms with E-state index < -0.39 is 0 Å². The maximum atomic E-state index is 6.03. The molecule has 3 heteroatoms. The van der Waals surface area contributed by atoms with Gasteiger partial charge in [0.2, 0.25) is 0 Å². The summed E-state index contributed by atoms with van der Waals surface area (Å²) in [6.45, 7) is 4.11. The first-order valence-electron chi connectivity index (χ1n) is 6.07. The van der Waals surface area contributed by atoms with Crippen molar-refractivity contribution in [2.75, 3.05) is 14.2 Å². The van der Waals surface area contributed by atoms with Crippen molar-refractivity contribution in [1.29, 1.82) is 0 Å². The SMILES string of the molecule is CNC(CCC(C)(C)N)c1ccccc1OC. The summed E-state index contributed by atoms with van der Waals surface area (Å²) in [6.07, 6.45) is 1.97. The summed E-state index contributed by atoms with van der Waals surface area (Å²) < 4.78 is 5.39. The van der Waals surface area contributed by atoms with Crippen LogP contribution in [0.2, 0.25) is 0 Å². The van der Waals surface area contributed by atoms with Gasteiger partial charge < -0.3 is 15.8 Å². The molecule has 1 unspecified atom stereocenters. The van der Waals surface area contributed by atoms with E-state index in [2.05, 4.69) is 25.2 Å². The lowest BCUT2D eigenvalue weighted by Crippen LogP contribution is -2.33. The molecule has 0 aliphatic rings. The number of ether oxygens (including phenoxy) is 1. The minimum absolute atomic E-state index is 0.128. The van der Waals surface area contributed by atoms with Crippen LogP contribution < -0.4 is 15.8 Å². The number of hydrogen-bond donors (Lipinski definition) is 2. The van der Waals surface area contributed by atoms with Gasteiger partial charge in [-0.05, 0) is 39.8 Å². The van der Waals surface area contributed by atoms with Crippen LogP contribution in [0.25, 0.3) is 0 Å². The minimum Gasteiger partial charge on any atom is -0.496 e. The smallest absolute Gasteiger partial charge is 0.123 e. The van der Waals surface area contributed by atoms with Gasteiger partial charge in [0.15, 0.2) is 0 Å². The summed E-state index contributed by atoms with van der Waals surface area (Å²) in [5.41, 5.74) is 7.10. The zero-order valence-corrected chi connectivity index (χ0v) is 11.3. The second kappa shape index (κ2) is 6.03. The summed E-state index contributed by atoms with van der Waals surface area (Å²) in [6, 6.07) is 8.41. The van der Waals surface area contributed by atoms with Crippen molar-refractivity contribution in [3.8, 4) is 5.75 Å². The first kappa shape index (κ1) is 14.0. The van der Waals surface area contributed by atoms with Crippen LogP contribution in [0.1, 0.15) is 38.3 Å². The Morgan fingerprint density at radius 2 is 2.00 bits per heavy atom. The Morgan fingerprint density at radius 1 is 1.35 bits per heavy atom. The fourth-order valence-corrected chi connectivity index (χ4v) is 1.93. The van der Waals surface area contributed by atoms with E-state index >= 15 is 0 Å². The van der Waals surface area contributed by atoms with Gasteiger partial charge in [-0.1, -0.05) is 18.2 Å². The largest absolute Gasteiger partial charge is 0.496 e. The molecule has 0 saturated carbocycles. The molecule has 0 bridgehead atoms. The lowest BCUT2D eigenvalue weighted by atomic mass is 9.93. The number of methoxy groups -OCH3 is 1. The van der Waals surface area contributed by atoms with Crippen molar-refractivity contribution in [1.82, 2.24) is 5.32 Å². The molecule has 1 aromatic rings. The Kier molecular flexibility index (Phi) is 4.97. The van der Waals surface area contributed by atoms with Gasteiger partial charge in [0.25, 0.3) is 0 Å². The summed E-state index contributed by atoms with van der Waals surface area (Å²) in [7, 11) is 3.68. The van der Waals surface area contributed by atoms with Crippen LogP contribution in [-0.4, -0.2) is 19.7 Å². The zero-order chi connectivity index (χ0) is 12.9. The quantitative estimate of drug-likeness (QED) is 0.797. The summed E-state index contributed by atoms with van der Waals surface area (Å²) in [5.74, 6) is 0.932. The van der Waals surface area contributed by atoms with E-state index in [0.29, 0.717) is 0 Å². The van der Waals surface area contributed by atoms with Crippen LogP contribution in [-0.2, 0) is 0 Å². The molecule has 0 heterocycles. The maximum absolute atomic E-state index is 6.03. The third kappa shape index (κ3) is 4.36. The van der Waals surface area contributed by atoms with Crippen LogP contribution in [0, 0.1) is 0 Å². The van der Waals surface area contributed by atoms with Crippen LogP contribution >= 0.6 is 0 Å². The van der Waals surface area contributed by atoms with E-state index in [4.69, 9.17) is 10.5 Å². The molecule has 1 rings (SSSR count). The van der Waals surface area contributed by atoms with Gasteiger partial charge in [0.05, 0.1) is 7.11 Å². The highest BCUT2D eigenvalue weighted by Crippen LogP contribution is 2.28. The standard InChI is InChI=1S/C14H24N2O/c1-14(2,15)10-9-12(16-3)11-7-5-6-8-13(11)17-4/h5-8,12,16H,9-10,15H2,1-4H3. The molecular formula is C14H24N2O. The normalized spacial score (nSPS) is 13.5. The molecule has 96 valence electrons. The van der Waals surface area contributed by atoms with Crippen molar-refractivity contribution in [3.63, 3.8) is 0 Å². The first-order valence-corrected chi connectivity index (χ1v) is 6.07. The molecule has 0 fully saturated rings. The number of nitrogens with one attached hydrogen (secondary N) is 1. The zero-order valence-electron chi connectivity index (χ0n) is 11.3. The van der Waals surface area contributed by atoms with Crippen LogP contribution in [0.5, 0.6) is 5.75 Å². The average molecular weight is 236 g/mol. The van der Waals surface area contributed by atoms with Crippen molar-refractivity contribution >= 4 is 0 Å². The molecule has 17 heavy (non-hydrogen) atoms. The van der Waals surface area contributed by atoms with E-state index in [1.54, 1.807) is 7.11 Å². The highest BCUT2D eigenvalue weighted by molar-refractivity contribution is 5.35. The summed E-state index contributed by atoms with van der Waals surface area (Å²) in [5, 5.41) is 3.33. The minimum atomic E-state index is -0.128. The molecule has 0 saturated heterocycles. The van der Waals surface area contributed by atoms with Crippen molar-refractivity contribution in [3.05, 3.63) is 29.8 Å². The molecule has 0 aliphatic heterocycles. The molecular weight excluding hydrogens is 212 g/mol. The number of benzene rings is 1. The average Bonchev–Trinajstić information content (AvgIpc) is 2.29. The monoisotopic (exact) mass is 236 g/mol. The molecule has 0 radical (unpaired) electrons. The fraction of sp³-hybridized carbons (Fsp3) is 0.571. The summed E-state index contributed by atoms with van der Waals surface area (Å²) in [4.78, 5) is 0. The molecule has 3 nitrogen and oxygen atoms in total. The van der Waals surface area contributed by atoms with E-state index in [1.807, 2.05) is 25.2 Å². The molecule has 0 amide bonds. The highest BCUT2D eigenvalue weighted by Gasteiger charge is 2.18. The van der Waals surface area contributed by atoms with E-state index in [-0.39, 0.29) is 11.6 Å². The van der Waals surface area contributed by atoms with Crippen LogP contribution in [0.15, 0.2) is 24.3 Å². The molecule has 3 N–H and O–H groups in total. The van der Waals surface area contributed by atoms with Gasteiger partial charge >= 0.3 is 0 Å². The van der Waals surface area contributed by atoms with E-state index in [1.165, 1.54) is 5.56 Å². The Morgan fingerprint density at radius 3 is 2.53 bits per heavy atom. The van der Waals surface area contributed by atoms with Gasteiger partial charge in [0, 0.05) is 17.1 Å². The number of nitrogens with two attached hydrogens (primary N) is 1. The second-order valence-corrected chi connectivity index (χ2v) is 5.11. The van der Waals surface area contributed by atoms with Gasteiger partial charge in [-0.3, -0.25) is 0 Å². The van der Waals surface area contributed by atoms with Gasteiger partial charge in [0.1, 0.15) is 5.75 Å². The van der Waals surface area contributed by atoms with Crippen molar-refractivity contribution in [2.24, 2.45) is 5.73 Å². The summed E-state index contributed by atoms with van der Waals surface area (Å²) >= 11 is 0. The van der Waals surface area contributed by atoms with E-state index in [9.17, 15) is 0 Å². The topological polar surface area (TPSA) is 47.3 Å². The third-order valence-electron chi connectivity index (χ3n) is 2.94. The molecule has 1 aromatic carbocycles. The molecule has 0 aromatic heterocycles. The molecule has 0 spiro atoms. The van der Waals surface area contributed by atoms with Crippen LogP contribution in [0.4, 0.5) is 0 Å². The Balaban J connectivity index is 2.79. The number of para-hydroxylation sites is 1. The predicted molar refractivity (Wildman–Crippen MR) is 72.3 cm³/mol. The van der Waals surface area contributed by atoms with Crippen molar-refractivity contribution in [2.45, 2.75) is 38.3 Å². The van der Waals surface area contributed by atoms with E-state index in [0.717, 1.165) is 18.6 Å². The second-order valence-electron chi connectivity index (χ2n) is 5.11. The highest BCUT2D eigenvalue weighted by atomic mass is 16.5. The number of rotatable bonds is 6. The van der Waals surface area contributed by atoms with Crippen molar-refractivity contribution < 1.29 is 4.74 Å². The third-order valence-corrected chi connectivity index (χ3v) is 2.94. The lowest BCUT2D eigenvalue weighted by molar-refractivity contribution is 0.381. The predicted octanol–water partition coefficient (Wildman–Crippen LogP) is 2.47. The Hall–Kier alpha value is -1.06. The van der Waals surface area contributed by atoms with Gasteiger partial charge in [-0.15, -0.1) is 0 Å². The fourth-order valence-electron chi connectivity index (χ4n) is 1.93. The molecule has 0 aliphatic carbocycles. The van der Waals surface area contributed by atoms with Crippen LogP contribution in [0.3, 0.4) is 0 Å². The lowest BCUT2D eigenvalue weighted by Gasteiger charge is -2.24.